The second kappa shape index (κ2) is 6.92. The van der Waals surface area contributed by atoms with Crippen molar-refractivity contribution < 1.29 is 35.9 Å². The normalized spacial score (nSPS) is 11.9. The molecule has 0 amide bonds. The minimum atomic E-state index is -4.86. The van der Waals surface area contributed by atoms with Crippen molar-refractivity contribution in [3.8, 4) is 5.75 Å². The summed E-state index contributed by atoms with van der Waals surface area (Å²) in [4.78, 5) is 11.5. The molecule has 1 aromatic carbocycles. The molecule has 0 unspecified atom stereocenters. The zero-order chi connectivity index (χ0) is 18.8. The third-order valence-electron chi connectivity index (χ3n) is 2.89. The molecule has 2 rings (SSSR count). The Hall–Kier alpha value is -2.27. The smallest absolute Gasteiger partial charge is 0.465 e. The average Bonchev–Trinajstić information content (AvgIpc) is 2.85. The first-order valence-corrected chi connectivity index (χ1v) is 8.89. The van der Waals surface area contributed by atoms with Gasteiger partial charge >= 0.3 is 12.3 Å². The first kappa shape index (κ1) is 19.1. The Labute approximate surface area is 145 Å². The van der Waals surface area contributed by atoms with Crippen molar-refractivity contribution in [2.75, 3.05) is 11.8 Å². The van der Waals surface area contributed by atoms with Crippen LogP contribution in [0.4, 0.5) is 18.2 Å². The van der Waals surface area contributed by atoms with E-state index in [1.807, 2.05) is 0 Å². The molecule has 0 aliphatic heterocycles. The molecule has 0 radical (unpaired) electrons. The Kier molecular flexibility index (Phi) is 5.28. The number of benzene rings is 1. The third kappa shape index (κ3) is 4.86. The summed E-state index contributed by atoms with van der Waals surface area (Å²) < 4.78 is 71.4. The van der Waals surface area contributed by atoms with Gasteiger partial charge < -0.3 is 9.47 Å². The molecule has 136 valence electrons. The number of aryl methyl sites for hydroxylation is 1. The van der Waals surface area contributed by atoms with Crippen molar-refractivity contribution in [1.29, 1.82) is 0 Å². The second-order valence-electron chi connectivity index (χ2n) is 4.74. The van der Waals surface area contributed by atoms with Crippen LogP contribution >= 0.6 is 11.3 Å². The maximum atomic E-state index is 12.3. The maximum Gasteiger partial charge on any atom is 0.573 e. The number of halogens is 3. The fourth-order valence-corrected chi connectivity index (χ4v) is 4.11. The number of esters is 1. The zero-order valence-electron chi connectivity index (χ0n) is 12.9. The van der Waals surface area contributed by atoms with Crippen LogP contribution in [0.15, 0.2) is 35.2 Å². The Balaban J connectivity index is 2.21. The number of rotatable bonds is 5. The van der Waals surface area contributed by atoms with Gasteiger partial charge in [0.25, 0.3) is 10.0 Å². The lowest BCUT2D eigenvalue weighted by atomic mass is 10.3. The van der Waals surface area contributed by atoms with Crippen molar-refractivity contribution in [3.05, 3.63) is 40.8 Å². The van der Waals surface area contributed by atoms with Gasteiger partial charge in [0.05, 0.1) is 12.0 Å². The molecule has 0 saturated carbocycles. The number of nitrogens with one attached hydrogen (secondary N) is 1. The molecule has 0 aliphatic rings. The van der Waals surface area contributed by atoms with Crippen molar-refractivity contribution in [3.63, 3.8) is 0 Å². The topological polar surface area (TPSA) is 81.7 Å². The predicted octanol–water partition coefficient (Wildman–Crippen LogP) is 3.54. The minimum absolute atomic E-state index is 0.175. The van der Waals surface area contributed by atoms with Crippen molar-refractivity contribution >= 4 is 32.3 Å². The van der Waals surface area contributed by atoms with E-state index in [2.05, 4.69) is 14.2 Å². The number of methoxy groups -OCH3 is 1. The molecule has 11 heteroatoms. The van der Waals surface area contributed by atoms with Crippen LogP contribution in [0.5, 0.6) is 5.75 Å². The van der Waals surface area contributed by atoms with Crippen LogP contribution in [0.3, 0.4) is 0 Å². The highest BCUT2D eigenvalue weighted by Crippen LogP contribution is 2.30. The molecule has 2 aromatic rings. The van der Waals surface area contributed by atoms with Crippen LogP contribution in [-0.2, 0) is 14.8 Å². The maximum absolute atomic E-state index is 12.3. The van der Waals surface area contributed by atoms with Gasteiger partial charge in [-0.2, -0.15) is 0 Å². The van der Waals surface area contributed by atoms with Crippen LogP contribution in [0.1, 0.15) is 15.2 Å². The number of hydrogen-bond donors (Lipinski definition) is 1. The van der Waals surface area contributed by atoms with Crippen LogP contribution in [0.2, 0.25) is 0 Å². The summed E-state index contributed by atoms with van der Waals surface area (Å²) in [6.45, 7) is 1.61. The molecule has 1 N–H and O–H groups in total. The van der Waals surface area contributed by atoms with Gasteiger partial charge in [-0.15, -0.1) is 24.5 Å². The summed E-state index contributed by atoms with van der Waals surface area (Å²) >= 11 is 0.886. The Bertz CT molecular complexity index is 873. The molecule has 0 fully saturated rings. The van der Waals surface area contributed by atoms with E-state index < -0.39 is 28.1 Å². The highest BCUT2D eigenvalue weighted by Gasteiger charge is 2.31. The van der Waals surface area contributed by atoms with E-state index in [4.69, 9.17) is 0 Å². The Morgan fingerprint density at radius 2 is 1.80 bits per heavy atom. The summed E-state index contributed by atoms with van der Waals surface area (Å²) in [6.07, 6.45) is -4.86. The molecule has 1 heterocycles. The monoisotopic (exact) mass is 395 g/mol. The first-order chi connectivity index (χ1) is 11.5. The van der Waals surface area contributed by atoms with Crippen molar-refractivity contribution in [2.45, 2.75) is 18.2 Å². The first-order valence-electron chi connectivity index (χ1n) is 6.59. The van der Waals surface area contributed by atoms with Gasteiger partial charge in [-0.25, -0.2) is 13.2 Å². The van der Waals surface area contributed by atoms with Gasteiger partial charge in [0.2, 0.25) is 0 Å². The SMILES string of the molecule is COC(=O)c1sc(NS(=O)(=O)c2ccc(OC(F)(F)F)cc2)cc1C. The molecule has 0 atom stereocenters. The molecule has 0 saturated heterocycles. The van der Waals surface area contributed by atoms with E-state index in [0.717, 1.165) is 35.6 Å². The lowest BCUT2D eigenvalue weighted by molar-refractivity contribution is -0.274. The fraction of sp³-hybridized carbons (Fsp3) is 0.214. The van der Waals surface area contributed by atoms with Crippen LogP contribution in [-0.4, -0.2) is 27.9 Å². The van der Waals surface area contributed by atoms with E-state index in [9.17, 15) is 26.4 Å². The summed E-state index contributed by atoms with van der Waals surface area (Å²) in [5.41, 5.74) is 0.531. The number of thiophene rings is 1. The third-order valence-corrected chi connectivity index (χ3v) is 5.53. The predicted molar refractivity (Wildman–Crippen MR) is 84.3 cm³/mol. The minimum Gasteiger partial charge on any atom is -0.465 e. The van der Waals surface area contributed by atoms with Gasteiger partial charge in [0, 0.05) is 0 Å². The fourth-order valence-electron chi connectivity index (χ4n) is 1.84. The molecule has 1 aromatic heterocycles. The molecule has 0 spiro atoms. The van der Waals surface area contributed by atoms with E-state index in [-0.39, 0.29) is 14.8 Å². The molecule has 0 bridgehead atoms. The largest absolute Gasteiger partial charge is 0.573 e. The van der Waals surface area contributed by atoms with Crippen LogP contribution < -0.4 is 9.46 Å². The molecular formula is C14H12F3NO5S2. The number of carbonyl (C=O) groups excluding carboxylic acids is 1. The molecule has 0 aliphatic carbocycles. The standard InChI is InChI=1S/C14H12F3NO5S2/c1-8-7-11(24-12(8)13(19)22-2)18-25(20,21)10-5-3-9(4-6-10)23-14(15,16)17/h3-7,18H,1-2H3. The number of sulfonamides is 1. The molecule has 6 nitrogen and oxygen atoms in total. The number of anilines is 1. The number of hydrogen-bond acceptors (Lipinski definition) is 6. The van der Waals surface area contributed by atoms with Crippen LogP contribution in [0.25, 0.3) is 0 Å². The van der Waals surface area contributed by atoms with E-state index in [0.29, 0.717) is 5.56 Å². The Morgan fingerprint density at radius 1 is 1.20 bits per heavy atom. The van der Waals surface area contributed by atoms with E-state index in [1.54, 1.807) is 6.92 Å². The van der Waals surface area contributed by atoms with Crippen molar-refractivity contribution in [1.82, 2.24) is 0 Å². The average molecular weight is 395 g/mol. The van der Waals surface area contributed by atoms with Gasteiger partial charge in [-0.05, 0) is 42.8 Å². The van der Waals surface area contributed by atoms with E-state index >= 15 is 0 Å². The summed E-state index contributed by atoms with van der Waals surface area (Å²) in [5, 5.41) is 0.175. The summed E-state index contributed by atoms with van der Waals surface area (Å²) in [7, 11) is -2.83. The second-order valence-corrected chi connectivity index (χ2v) is 7.47. The van der Waals surface area contributed by atoms with Crippen LogP contribution in [0, 0.1) is 6.92 Å². The number of carbonyl (C=O) groups is 1. The molecular weight excluding hydrogens is 383 g/mol. The van der Waals surface area contributed by atoms with Gasteiger partial charge in [-0.3, -0.25) is 4.72 Å². The summed E-state index contributed by atoms with van der Waals surface area (Å²) in [5.74, 6) is -1.13. The Morgan fingerprint density at radius 3 is 2.32 bits per heavy atom. The van der Waals surface area contributed by atoms with Gasteiger partial charge in [0.15, 0.2) is 0 Å². The zero-order valence-corrected chi connectivity index (χ0v) is 14.5. The number of ether oxygens (including phenoxy) is 2. The summed E-state index contributed by atoms with van der Waals surface area (Å²) in [6, 6.07) is 5.19. The lowest BCUT2D eigenvalue weighted by Crippen LogP contribution is -2.17. The number of alkyl halides is 3. The van der Waals surface area contributed by atoms with Gasteiger partial charge in [0.1, 0.15) is 15.6 Å². The highest BCUT2D eigenvalue weighted by atomic mass is 32.2. The highest BCUT2D eigenvalue weighted by molar-refractivity contribution is 7.93. The lowest BCUT2D eigenvalue weighted by Gasteiger charge is -2.10. The van der Waals surface area contributed by atoms with Crippen molar-refractivity contribution in [2.24, 2.45) is 0 Å². The quantitative estimate of drug-likeness (QED) is 0.783. The van der Waals surface area contributed by atoms with E-state index in [1.165, 1.54) is 13.2 Å². The molecule has 25 heavy (non-hydrogen) atoms. The van der Waals surface area contributed by atoms with Gasteiger partial charge in [-0.1, -0.05) is 0 Å².